The SMILES string of the molecule is CCCCCCCCCC(=O)OC12CC(C)C34C=C(C)C(OC(=O)C(C)C(C)C)C3(O)C(O)C(CO)=CC(C4=O)C1C2(C)C. The number of hydrogen-bond acceptors (Lipinski definition) is 8. The Hall–Kier alpha value is -2.03. The molecule has 8 nitrogen and oxygen atoms in total. The van der Waals surface area contributed by atoms with Gasteiger partial charge in [-0.05, 0) is 42.7 Å². The third kappa shape index (κ3) is 5.21. The lowest BCUT2D eigenvalue weighted by atomic mass is 9.59. The molecule has 2 fully saturated rings. The van der Waals surface area contributed by atoms with E-state index in [0.29, 0.717) is 18.4 Å². The Labute approximate surface area is 263 Å². The summed E-state index contributed by atoms with van der Waals surface area (Å²) in [5.41, 5.74) is -4.77. The lowest BCUT2D eigenvalue weighted by Gasteiger charge is -2.49. The molecule has 3 N–H and O–H groups in total. The highest BCUT2D eigenvalue weighted by Gasteiger charge is 2.83. The maximum absolute atomic E-state index is 14.8. The fourth-order valence-electron chi connectivity index (χ4n) is 8.87. The van der Waals surface area contributed by atoms with Crippen LogP contribution >= 0.6 is 0 Å². The highest BCUT2D eigenvalue weighted by atomic mass is 16.6. The molecule has 0 aromatic carbocycles. The average molecular weight is 617 g/mol. The van der Waals surface area contributed by atoms with Crippen LogP contribution in [0.25, 0.3) is 0 Å². The molecule has 8 heteroatoms. The van der Waals surface area contributed by atoms with E-state index in [1.54, 1.807) is 26.0 Å². The van der Waals surface area contributed by atoms with Gasteiger partial charge in [-0.15, -0.1) is 0 Å². The molecule has 1 spiro atoms. The van der Waals surface area contributed by atoms with Gasteiger partial charge in [0.15, 0.2) is 17.5 Å². The average Bonchev–Trinajstić information content (AvgIpc) is 3.36. The zero-order valence-corrected chi connectivity index (χ0v) is 28.2. The molecule has 0 aromatic rings. The minimum Gasteiger partial charge on any atom is -0.458 e. The Morgan fingerprint density at radius 1 is 1.07 bits per heavy atom. The first-order valence-electron chi connectivity index (χ1n) is 17.0. The van der Waals surface area contributed by atoms with E-state index in [2.05, 4.69) is 6.92 Å². The number of ketones is 1. The monoisotopic (exact) mass is 616 g/mol. The number of aliphatic hydroxyl groups is 3. The van der Waals surface area contributed by atoms with Crippen molar-refractivity contribution in [2.45, 2.75) is 137 Å². The predicted octanol–water partition coefficient (Wildman–Crippen LogP) is 5.46. The lowest BCUT2D eigenvalue weighted by molar-refractivity contribution is -0.206. The molecular weight excluding hydrogens is 560 g/mol. The smallest absolute Gasteiger partial charge is 0.309 e. The molecule has 2 saturated carbocycles. The van der Waals surface area contributed by atoms with Gasteiger partial charge in [0.1, 0.15) is 11.7 Å². The molecule has 248 valence electrons. The van der Waals surface area contributed by atoms with E-state index in [-0.39, 0.29) is 23.2 Å². The van der Waals surface area contributed by atoms with Crippen molar-refractivity contribution in [3.63, 3.8) is 0 Å². The molecule has 0 amide bonds. The third-order valence-electron chi connectivity index (χ3n) is 11.9. The van der Waals surface area contributed by atoms with E-state index in [9.17, 15) is 29.7 Å². The second kappa shape index (κ2) is 12.6. The van der Waals surface area contributed by atoms with E-state index in [1.165, 1.54) is 25.7 Å². The quantitative estimate of drug-likeness (QED) is 0.141. The van der Waals surface area contributed by atoms with Crippen molar-refractivity contribution >= 4 is 17.7 Å². The summed E-state index contributed by atoms with van der Waals surface area (Å²) in [6.45, 7) is 14.7. The van der Waals surface area contributed by atoms with Gasteiger partial charge in [0, 0.05) is 23.7 Å². The predicted molar refractivity (Wildman–Crippen MR) is 167 cm³/mol. The van der Waals surface area contributed by atoms with Crippen molar-refractivity contribution in [1.29, 1.82) is 0 Å². The topological polar surface area (TPSA) is 130 Å². The van der Waals surface area contributed by atoms with Crippen LogP contribution in [0.15, 0.2) is 23.3 Å². The molecular formula is C36H56O8. The Kier molecular flexibility index (Phi) is 10.0. The number of ether oxygens (including phenoxy) is 2. The highest BCUT2D eigenvalue weighted by Crippen LogP contribution is 2.75. The standard InChI is InChI=1S/C36H56O8/c1-9-10-11-12-13-14-15-16-27(38)44-35-19-23(5)34-18-22(4)31(43-32(41)24(6)21(2)3)36(34,42)29(39)25(20-37)17-26(30(34)40)28(35)33(35,7)8/h17-18,21,23-24,26,28-29,31,37,39,42H,9-16,19-20H2,1-8H3. The van der Waals surface area contributed by atoms with Crippen LogP contribution in [-0.4, -0.2) is 63.1 Å². The van der Waals surface area contributed by atoms with Crippen molar-refractivity contribution in [2.24, 2.45) is 40.4 Å². The molecule has 0 radical (unpaired) electrons. The number of unbranched alkanes of at least 4 members (excludes halogenated alkanes) is 6. The number of aliphatic hydroxyl groups excluding tert-OH is 2. The van der Waals surface area contributed by atoms with E-state index >= 15 is 0 Å². The number of esters is 2. The minimum absolute atomic E-state index is 0.0171. The Morgan fingerprint density at radius 3 is 2.27 bits per heavy atom. The number of carbonyl (C=O) groups excluding carboxylic acids is 3. The van der Waals surface area contributed by atoms with Gasteiger partial charge in [-0.3, -0.25) is 14.4 Å². The first-order valence-corrected chi connectivity index (χ1v) is 17.0. The van der Waals surface area contributed by atoms with E-state index < -0.39 is 70.5 Å². The molecule has 9 atom stereocenters. The first kappa shape index (κ1) is 34.8. The fraction of sp³-hybridized carbons (Fsp3) is 0.806. The number of carbonyl (C=O) groups is 3. The Morgan fingerprint density at radius 2 is 1.68 bits per heavy atom. The van der Waals surface area contributed by atoms with Crippen molar-refractivity contribution in [2.75, 3.05) is 6.61 Å². The van der Waals surface area contributed by atoms with Crippen LogP contribution in [0.5, 0.6) is 0 Å². The van der Waals surface area contributed by atoms with E-state index in [4.69, 9.17) is 9.47 Å². The summed E-state index contributed by atoms with van der Waals surface area (Å²) < 4.78 is 12.3. The molecule has 0 aliphatic heterocycles. The maximum atomic E-state index is 14.8. The number of allylic oxidation sites excluding steroid dienone is 1. The zero-order chi connectivity index (χ0) is 32.8. The molecule has 44 heavy (non-hydrogen) atoms. The second-order valence-corrected chi connectivity index (χ2v) is 15.2. The largest absolute Gasteiger partial charge is 0.458 e. The third-order valence-corrected chi connectivity index (χ3v) is 11.9. The first-order chi connectivity index (χ1) is 20.6. The van der Waals surface area contributed by atoms with Crippen LogP contribution in [0.1, 0.15) is 113 Å². The molecule has 0 saturated heterocycles. The van der Waals surface area contributed by atoms with Gasteiger partial charge >= 0.3 is 11.9 Å². The molecule has 0 aromatic heterocycles. The number of fused-ring (bicyclic) bond motifs is 3. The van der Waals surface area contributed by atoms with Gasteiger partial charge in [0.05, 0.1) is 17.9 Å². The fourth-order valence-corrected chi connectivity index (χ4v) is 8.87. The molecule has 4 aliphatic rings. The van der Waals surface area contributed by atoms with E-state index in [0.717, 1.165) is 19.3 Å². The van der Waals surface area contributed by atoms with Gasteiger partial charge in [-0.25, -0.2) is 0 Å². The zero-order valence-electron chi connectivity index (χ0n) is 28.2. The van der Waals surface area contributed by atoms with Crippen LogP contribution in [0.3, 0.4) is 0 Å². The van der Waals surface area contributed by atoms with Crippen LogP contribution in [0.2, 0.25) is 0 Å². The summed E-state index contributed by atoms with van der Waals surface area (Å²) in [5, 5.41) is 34.9. The molecule has 4 aliphatic carbocycles. The second-order valence-electron chi connectivity index (χ2n) is 15.2. The van der Waals surface area contributed by atoms with Gasteiger partial charge in [0.25, 0.3) is 0 Å². The summed E-state index contributed by atoms with van der Waals surface area (Å²) in [5.74, 6) is -3.39. The van der Waals surface area contributed by atoms with Crippen LogP contribution in [-0.2, 0) is 23.9 Å². The number of Topliss-reactive ketones (excluding diaryl/α,β-unsaturated/α-hetero) is 1. The lowest BCUT2D eigenvalue weighted by Crippen LogP contribution is -2.66. The molecule has 0 heterocycles. The number of hydrogen-bond donors (Lipinski definition) is 3. The van der Waals surface area contributed by atoms with Gasteiger partial charge in [-0.1, -0.05) is 99.1 Å². The van der Waals surface area contributed by atoms with Crippen molar-refractivity contribution in [3.05, 3.63) is 23.3 Å². The maximum Gasteiger partial charge on any atom is 0.309 e. The van der Waals surface area contributed by atoms with Crippen molar-refractivity contribution in [1.82, 2.24) is 0 Å². The van der Waals surface area contributed by atoms with Crippen LogP contribution in [0, 0.1) is 40.4 Å². The van der Waals surface area contributed by atoms with Crippen LogP contribution in [0.4, 0.5) is 0 Å². The van der Waals surface area contributed by atoms with Gasteiger partial charge in [0.2, 0.25) is 0 Å². The highest BCUT2D eigenvalue weighted by molar-refractivity contribution is 5.96. The number of rotatable bonds is 13. The molecule has 9 unspecified atom stereocenters. The molecule has 4 rings (SSSR count). The summed E-state index contributed by atoms with van der Waals surface area (Å²) in [4.78, 5) is 41.3. The summed E-state index contributed by atoms with van der Waals surface area (Å²) in [6, 6.07) is 0. The van der Waals surface area contributed by atoms with Gasteiger partial charge in [-0.2, -0.15) is 0 Å². The Balaban J connectivity index is 1.68. The van der Waals surface area contributed by atoms with Crippen molar-refractivity contribution < 1.29 is 39.2 Å². The van der Waals surface area contributed by atoms with Gasteiger partial charge < -0.3 is 24.8 Å². The summed E-state index contributed by atoms with van der Waals surface area (Å²) in [6.07, 6.45) is 8.55. The molecule has 2 bridgehead atoms. The van der Waals surface area contributed by atoms with Crippen LogP contribution < -0.4 is 0 Å². The normalized spacial score (nSPS) is 37.6. The van der Waals surface area contributed by atoms with E-state index in [1.807, 2.05) is 34.6 Å². The minimum atomic E-state index is -2.24. The Bertz CT molecular complexity index is 1180. The summed E-state index contributed by atoms with van der Waals surface area (Å²) >= 11 is 0. The summed E-state index contributed by atoms with van der Waals surface area (Å²) in [7, 11) is 0. The van der Waals surface area contributed by atoms with Crippen molar-refractivity contribution in [3.8, 4) is 0 Å².